The molecule has 2 N–H and O–H groups in total. The van der Waals surface area contributed by atoms with E-state index in [9.17, 15) is 14.7 Å². The molecule has 4 aromatic rings. The molecule has 0 atom stereocenters. The second-order valence-electron chi connectivity index (χ2n) is 11.3. The van der Waals surface area contributed by atoms with Crippen molar-refractivity contribution < 1.29 is 19.0 Å². The van der Waals surface area contributed by atoms with Crippen LogP contribution in [0.15, 0.2) is 47.5 Å². The Bertz CT molecular complexity index is 1760. The molecule has 11 heteroatoms. The molecule has 4 heterocycles. The van der Waals surface area contributed by atoms with Gasteiger partial charge in [-0.25, -0.2) is 9.37 Å². The van der Waals surface area contributed by atoms with Crippen LogP contribution >= 0.6 is 0 Å². The molecule has 0 radical (unpaired) electrons. The van der Waals surface area contributed by atoms with E-state index in [2.05, 4.69) is 33.7 Å². The van der Waals surface area contributed by atoms with Crippen molar-refractivity contribution in [2.75, 3.05) is 23.9 Å². The average molecular weight is 559 g/mol. The number of aryl methyl sites for hydroxylation is 1. The lowest BCUT2D eigenvalue weighted by atomic mass is 9.90. The predicted molar refractivity (Wildman–Crippen MR) is 152 cm³/mol. The molecule has 10 nitrogen and oxygen atoms in total. The fourth-order valence-electron chi connectivity index (χ4n) is 6.02. The third-order valence-corrected chi connectivity index (χ3v) is 7.84. The van der Waals surface area contributed by atoms with Gasteiger partial charge in [0.15, 0.2) is 0 Å². The Labute approximate surface area is 236 Å². The number of carbonyl (C=O) groups is 1. The summed E-state index contributed by atoms with van der Waals surface area (Å²) >= 11 is 0. The van der Waals surface area contributed by atoms with E-state index in [0.29, 0.717) is 47.0 Å². The number of methoxy groups -OCH3 is 1. The van der Waals surface area contributed by atoms with Crippen LogP contribution in [0.4, 0.5) is 21.6 Å². The molecule has 1 aliphatic heterocycles. The first-order valence-corrected chi connectivity index (χ1v) is 13.4. The van der Waals surface area contributed by atoms with Gasteiger partial charge in [-0.15, -0.1) is 0 Å². The summed E-state index contributed by atoms with van der Waals surface area (Å²) in [5, 5.41) is 13.5. The van der Waals surface area contributed by atoms with Crippen molar-refractivity contribution in [3.63, 3.8) is 0 Å². The minimum atomic E-state index is -0.561. The number of hydrogen-bond acceptors (Lipinski definition) is 7. The maximum atomic E-state index is 15.2. The number of nitrogens with one attached hydrogen (secondary N) is 1. The number of carbonyl (C=O) groups excluding carboxylic acids is 1. The Kier molecular flexibility index (Phi) is 6.41. The Morgan fingerprint density at radius 2 is 1.95 bits per heavy atom. The molecule has 1 aliphatic carbocycles. The molecular formula is C30H31FN6O4. The Hall–Kier alpha value is -4.51. The number of anilines is 3. The average Bonchev–Trinajstić information content (AvgIpc) is 3.43. The molecule has 41 heavy (non-hydrogen) atoms. The summed E-state index contributed by atoms with van der Waals surface area (Å²) in [5.74, 6) is -0.449. The number of ether oxygens (including phenoxy) is 1. The van der Waals surface area contributed by atoms with Gasteiger partial charge in [0.05, 0.1) is 19.4 Å². The predicted octanol–water partition coefficient (Wildman–Crippen LogP) is 3.81. The van der Waals surface area contributed by atoms with Gasteiger partial charge in [0.2, 0.25) is 0 Å². The fraction of sp³-hybridized carbons (Fsp3) is 0.333. The zero-order valence-electron chi connectivity index (χ0n) is 23.4. The number of fused-ring (bicyclic) bond motifs is 3. The highest BCUT2D eigenvalue weighted by Gasteiger charge is 2.37. The van der Waals surface area contributed by atoms with Crippen LogP contribution < -0.4 is 20.5 Å². The van der Waals surface area contributed by atoms with Crippen LogP contribution in [0.25, 0.3) is 11.1 Å². The molecule has 1 amide bonds. The molecule has 1 aromatic carbocycles. The molecule has 2 aliphatic rings. The molecule has 0 bridgehead atoms. The van der Waals surface area contributed by atoms with Gasteiger partial charge >= 0.3 is 6.01 Å². The number of halogens is 1. The van der Waals surface area contributed by atoms with Crippen LogP contribution in [0, 0.1) is 11.2 Å². The first-order chi connectivity index (χ1) is 19.6. The summed E-state index contributed by atoms with van der Waals surface area (Å²) in [5.41, 5.74) is 4.54. The summed E-state index contributed by atoms with van der Waals surface area (Å²) < 4.78 is 23.7. The standard InChI is InChI=1S/C30H31FN6O4/c1-30(2)13-17-10-24-28(40)37(8-7-36(24)25(17)14-30)23-12-19(31)11-20(21(23)16-38)18-9-22(27(39)35(3)15-18)33-26-5-6-32-29(34-26)41-4/h5-6,9-12,15,38H,7-8,13-14,16H2,1-4H3,(H,32,33,34). The highest BCUT2D eigenvalue weighted by atomic mass is 19.1. The highest BCUT2D eigenvalue weighted by Crippen LogP contribution is 2.40. The number of nitrogens with zero attached hydrogens (tertiary/aromatic N) is 5. The van der Waals surface area contributed by atoms with E-state index < -0.39 is 12.4 Å². The van der Waals surface area contributed by atoms with Crippen molar-refractivity contribution in [2.24, 2.45) is 12.5 Å². The number of benzene rings is 1. The quantitative estimate of drug-likeness (QED) is 0.370. The zero-order valence-corrected chi connectivity index (χ0v) is 23.4. The van der Waals surface area contributed by atoms with E-state index >= 15 is 4.39 Å². The maximum absolute atomic E-state index is 15.2. The van der Waals surface area contributed by atoms with Crippen LogP contribution in [-0.4, -0.2) is 43.8 Å². The van der Waals surface area contributed by atoms with Crippen LogP contribution in [0.1, 0.15) is 41.2 Å². The van der Waals surface area contributed by atoms with E-state index in [-0.39, 0.29) is 28.6 Å². The lowest BCUT2D eigenvalue weighted by Gasteiger charge is -2.32. The molecule has 6 rings (SSSR count). The third kappa shape index (κ3) is 4.65. The smallest absolute Gasteiger partial charge is 0.318 e. The number of aromatic nitrogens is 4. The summed E-state index contributed by atoms with van der Waals surface area (Å²) in [6, 6.07) is 7.85. The van der Waals surface area contributed by atoms with Crippen molar-refractivity contribution in [1.29, 1.82) is 0 Å². The fourth-order valence-corrected chi connectivity index (χ4v) is 6.02. The number of amides is 1. The minimum Gasteiger partial charge on any atom is -0.467 e. The van der Waals surface area contributed by atoms with Crippen LogP contribution in [0.3, 0.4) is 0 Å². The summed E-state index contributed by atoms with van der Waals surface area (Å²) in [6.45, 7) is 4.94. The molecule has 3 aromatic heterocycles. The summed E-state index contributed by atoms with van der Waals surface area (Å²) in [7, 11) is 3.02. The van der Waals surface area contributed by atoms with Gasteiger partial charge < -0.3 is 29.2 Å². The summed E-state index contributed by atoms with van der Waals surface area (Å²) in [4.78, 5) is 36.4. The van der Waals surface area contributed by atoms with Gasteiger partial charge in [-0.05, 0) is 59.7 Å². The minimum absolute atomic E-state index is 0.131. The maximum Gasteiger partial charge on any atom is 0.318 e. The zero-order chi connectivity index (χ0) is 29.1. The normalized spacial score (nSPS) is 15.6. The molecular weight excluding hydrogens is 527 g/mol. The lowest BCUT2D eigenvalue weighted by Crippen LogP contribution is -2.41. The van der Waals surface area contributed by atoms with Crippen molar-refractivity contribution in [3.05, 3.63) is 81.4 Å². The lowest BCUT2D eigenvalue weighted by molar-refractivity contribution is 0.0963. The number of aliphatic hydroxyl groups excluding tert-OH is 1. The Balaban J connectivity index is 1.40. The molecule has 0 spiro atoms. The largest absolute Gasteiger partial charge is 0.467 e. The molecule has 0 fully saturated rings. The first kappa shape index (κ1) is 26.7. The number of pyridine rings is 1. The third-order valence-electron chi connectivity index (χ3n) is 7.84. The van der Waals surface area contributed by atoms with Gasteiger partial charge in [-0.3, -0.25) is 9.59 Å². The van der Waals surface area contributed by atoms with E-state index in [1.165, 1.54) is 41.3 Å². The van der Waals surface area contributed by atoms with Gasteiger partial charge in [0, 0.05) is 49.4 Å². The van der Waals surface area contributed by atoms with Crippen LogP contribution in [0.2, 0.25) is 0 Å². The highest BCUT2D eigenvalue weighted by molar-refractivity contribution is 6.07. The van der Waals surface area contributed by atoms with E-state index in [0.717, 1.165) is 12.8 Å². The second kappa shape index (κ2) is 9.84. The van der Waals surface area contributed by atoms with Gasteiger partial charge in [0.1, 0.15) is 23.0 Å². The Morgan fingerprint density at radius 1 is 1.15 bits per heavy atom. The molecule has 0 saturated heterocycles. The van der Waals surface area contributed by atoms with Crippen LogP contribution in [0.5, 0.6) is 6.01 Å². The topological polar surface area (TPSA) is 115 Å². The van der Waals surface area contributed by atoms with Crippen molar-refractivity contribution >= 4 is 23.1 Å². The first-order valence-electron chi connectivity index (χ1n) is 13.4. The number of aliphatic hydroxyl groups is 1. The van der Waals surface area contributed by atoms with Gasteiger partial charge in [-0.1, -0.05) is 13.8 Å². The van der Waals surface area contributed by atoms with E-state index in [4.69, 9.17) is 4.74 Å². The second-order valence-corrected chi connectivity index (χ2v) is 11.3. The monoisotopic (exact) mass is 558 g/mol. The van der Waals surface area contributed by atoms with Crippen LogP contribution in [-0.2, 0) is 33.0 Å². The molecule has 0 saturated carbocycles. The van der Waals surface area contributed by atoms with Crippen molar-refractivity contribution in [1.82, 2.24) is 19.1 Å². The summed E-state index contributed by atoms with van der Waals surface area (Å²) in [6.07, 6.45) is 4.88. The SMILES string of the molecule is COc1nccc(Nc2cc(-c3cc(F)cc(N4CCn5c(cc6c5CC(C)(C)C6)C4=O)c3CO)cn(C)c2=O)n1. The van der Waals surface area contributed by atoms with Crippen molar-refractivity contribution in [2.45, 2.75) is 39.8 Å². The van der Waals surface area contributed by atoms with Gasteiger partial charge in [-0.2, -0.15) is 4.98 Å². The van der Waals surface area contributed by atoms with Gasteiger partial charge in [0.25, 0.3) is 11.5 Å². The number of hydrogen-bond donors (Lipinski definition) is 2. The molecule has 212 valence electrons. The van der Waals surface area contributed by atoms with E-state index in [1.54, 1.807) is 30.3 Å². The Morgan fingerprint density at radius 3 is 2.71 bits per heavy atom. The van der Waals surface area contributed by atoms with E-state index in [1.807, 2.05) is 6.07 Å². The number of rotatable bonds is 6. The van der Waals surface area contributed by atoms with Crippen molar-refractivity contribution in [3.8, 4) is 17.1 Å². The molecule has 0 unspecified atom stereocenters.